The highest BCUT2D eigenvalue weighted by Gasteiger charge is 2.12. The molecule has 0 amide bonds. The predicted molar refractivity (Wildman–Crippen MR) is 85.1 cm³/mol. The second-order valence-electron chi connectivity index (χ2n) is 5.15. The average molecular weight is 288 g/mol. The van der Waals surface area contributed by atoms with Crippen LogP contribution in [0.15, 0.2) is 67.0 Å². The van der Waals surface area contributed by atoms with Gasteiger partial charge in [-0.1, -0.05) is 36.4 Å². The second-order valence-corrected chi connectivity index (χ2v) is 5.15. The number of carboxylic acid groups (broad SMARTS) is 1. The lowest BCUT2D eigenvalue weighted by Crippen LogP contribution is -1.99. The number of aromatic carboxylic acids is 1. The molecule has 0 aliphatic carbocycles. The van der Waals surface area contributed by atoms with Crippen LogP contribution >= 0.6 is 0 Å². The van der Waals surface area contributed by atoms with Gasteiger partial charge in [-0.25, -0.2) is 9.78 Å². The third-order valence-electron chi connectivity index (χ3n) is 3.76. The molecule has 0 unspecified atom stereocenters. The van der Waals surface area contributed by atoms with E-state index >= 15 is 0 Å². The Labute approximate surface area is 126 Å². The maximum atomic E-state index is 11.3. The number of hydrogen-bond acceptors (Lipinski definition) is 2. The first-order chi connectivity index (χ1) is 10.7. The van der Waals surface area contributed by atoms with Crippen molar-refractivity contribution in [3.63, 3.8) is 0 Å². The van der Waals surface area contributed by atoms with E-state index in [0.29, 0.717) is 5.65 Å². The van der Waals surface area contributed by atoms with Crippen molar-refractivity contribution in [2.75, 3.05) is 0 Å². The summed E-state index contributed by atoms with van der Waals surface area (Å²) in [4.78, 5) is 15.8. The van der Waals surface area contributed by atoms with Crippen molar-refractivity contribution < 1.29 is 9.90 Å². The zero-order valence-corrected chi connectivity index (χ0v) is 11.6. The monoisotopic (exact) mass is 288 g/mol. The first kappa shape index (κ1) is 12.6. The van der Waals surface area contributed by atoms with E-state index in [1.165, 1.54) is 5.39 Å². The van der Waals surface area contributed by atoms with E-state index in [0.717, 1.165) is 16.6 Å². The number of benzene rings is 2. The van der Waals surface area contributed by atoms with Gasteiger partial charge >= 0.3 is 5.97 Å². The van der Waals surface area contributed by atoms with Gasteiger partial charge in [0.1, 0.15) is 5.56 Å². The number of nitrogens with zero attached hydrogens (tertiary/aromatic N) is 2. The van der Waals surface area contributed by atoms with Crippen LogP contribution in [0.4, 0.5) is 0 Å². The summed E-state index contributed by atoms with van der Waals surface area (Å²) in [5.74, 6) is -0.971. The number of rotatable bonds is 2. The van der Waals surface area contributed by atoms with Crippen molar-refractivity contribution in [3.05, 3.63) is 72.6 Å². The summed E-state index contributed by atoms with van der Waals surface area (Å²) in [5.41, 5.74) is 2.39. The summed E-state index contributed by atoms with van der Waals surface area (Å²) >= 11 is 0. The fraction of sp³-hybridized carbons (Fsp3) is 0. The fourth-order valence-electron chi connectivity index (χ4n) is 2.67. The second kappa shape index (κ2) is 4.70. The minimum absolute atomic E-state index is 0.203. The van der Waals surface area contributed by atoms with E-state index in [1.807, 2.05) is 30.5 Å². The zero-order chi connectivity index (χ0) is 15.1. The molecule has 2 heterocycles. The lowest BCUT2D eigenvalue weighted by atomic mass is 10.1. The van der Waals surface area contributed by atoms with Gasteiger partial charge in [-0.2, -0.15) is 0 Å². The minimum Gasteiger partial charge on any atom is -0.478 e. The summed E-state index contributed by atoms with van der Waals surface area (Å²) in [6.07, 6.45) is 3.66. The van der Waals surface area contributed by atoms with E-state index in [2.05, 4.69) is 23.2 Å². The quantitative estimate of drug-likeness (QED) is 0.609. The summed E-state index contributed by atoms with van der Waals surface area (Å²) in [6, 6.07) is 17.5. The molecule has 0 atom stereocenters. The summed E-state index contributed by atoms with van der Waals surface area (Å²) < 4.78 is 1.74. The molecule has 4 aromatic rings. The van der Waals surface area contributed by atoms with Gasteiger partial charge in [-0.05, 0) is 29.0 Å². The number of imidazole rings is 1. The Balaban J connectivity index is 1.92. The summed E-state index contributed by atoms with van der Waals surface area (Å²) in [7, 11) is 0. The molecule has 0 aliphatic heterocycles. The highest BCUT2D eigenvalue weighted by Crippen LogP contribution is 2.25. The molecular weight excluding hydrogens is 276 g/mol. The Morgan fingerprint density at radius 2 is 1.82 bits per heavy atom. The molecule has 106 valence electrons. The van der Waals surface area contributed by atoms with E-state index in [1.54, 1.807) is 22.7 Å². The normalized spacial score (nSPS) is 11.1. The molecular formula is C18H12N2O2. The van der Waals surface area contributed by atoms with Gasteiger partial charge in [0, 0.05) is 18.0 Å². The molecule has 4 heteroatoms. The SMILES string of the molecule is O=C(O)c1cccn2cc(-c3ccc4ccccc4c3)nc12. The van der Waals surface area contributed by atoms with Gasteiger partial charge in [0.05, 0.1) is 5.69 Å². The van der Waals surface area contributed by atoms with Crippen molar-refractivity contribution in [1.29, 1.82) is 0 Å². The fourth-order valence-corrected chi connectivity index (χ4v) is 2.67. The van der Waals surface area contributed by atoms with Gasteiger partial charge in [0.25, 0.3) is 0 Å². The van der Waals surface area contributed by atoms with E-state index in [9.17, 15) is 9.90 Å². The van der Waals surface area contributed by atoms with Crippen molar-refractivity contribution in [3.8, 4) is 11.3 Å². The van der Waals surface area contributed by atoms with Crippen LogP contribution < -0.4 is 0 Å². The van der Waals surface area contributed by atoms with Crippen LogP contribution in [0.2, 0.25) is 0 Å². The smallest absolute Gasteiger partial charge is 0.339 e. The molecule has 0 saturated carbocycles. The van der Waals surface area contributed by atoms with Gasteiger partial charge in [0.15, 0.2) is 5.65 Å². The van der Waals surface area contributed by atoms with Crippen molar-refractivity contribution >= 4 is 22.4 Å². The maximum Gasteiger partial charge on any atom is 0.339 e. The third kappa shape index (κ3) is 1.93. The topological polar surface area (TPSA) is 54.6 Å². The molecule has 2 aromatic heterocycles. The van der Waals surface area contributed by atoms with Gasteiger partial charge in [0.2, 0.25) is 0 Å². The van der Waals surface area contributed by atoms with Crippen LogP contribution in [0.25, 0.3) is 27.7 Å². The van der Waals surface area contributed by atoms with Crippen LogP contribution in [0, 0.1) is 0 Å². The molecule has 22 heavy (non-hydrogen) atoms. The van der Waals surface area contributed by atoms with E-state index < -0.39 is 5.97 Å². The molecule has 1 N–H and O–H groups in total. The molecule has 0 radical (unpaired) electrons. The molecule has 4 nitrogen and oxygen atoms in total. The van der Waals surface area contributed by atoms with Crippen LogP contribution in [-0.2, 0) is 0 Å². The number of carbonyl (C=O) groups is 1. The van der Waals surface area contributed by atoms with E-state index in [-0.39, 0.29) is 5.56 Å². The van der Waals surface area contributed by atoms with Crippen molar-refractivity contribution in [1.82, 2.24) is 9.38 Å². The number of pyridine rings is 1. The number of fused-ring (bicyclic) bond motifs is 2. The first-order valence-electron chi connectivity index (χ1n) is 6.92. The zero-order valence-electron chi connectivity index (χ0n) is 11.6. The minimum atomic E-state index is -0.971. The summed E-state index contributed by atoms with van der Waals surface area (Å²) in [6.45, 7) is 0. The number of carboxylic acids is 1. The Morgan fingerprint density at radius 3 is 2.64 bits per heavy atom. The predicted octanol–water partition coefficient (Wildman–Crippen LogP) is 3.85. The molecule has 4 rings (SSSR count). The Bertz CT molecular complexity index is 1020. The molecule has 0 fully saturated rings. The van der Waals surface area contributed by atoms with Crippen LogP contribution in [0.1, 0.15) is 10.4 Å². The lowest BCUT2D eigenvalue weighted by molar-refractivity contribution is 0.0698. The van der Waals surface area contributed by atoms with Gasteiger partial charge in [-0.15, -0.1) is 0 Å². The summed E-state index contributed by atoms with van der Waals surface area (Å²) in [5, 5.41) is 11.6. The lowest BCUT2D eigenvalue weighted by Gasteiger charge is -2.00. The third-order valence-corrected chi connectivity index (χ3v) is 3.76. The van der Waals surface area contributed by atoms with Crippen molar-refractivity contribution in [2.45, 2.75) is 0 Å². The largest absolute Gasteiger partial charge is 0.478 e. The number of hydrogen-bond donors (Lipinski definition) is 1. The highest BCUT2D eigenvalue weighted by atomic mass is 16.4. The average Bonchev–Trinajstić information content (AvgIpc) is 2.98. The van der Waals surface area contributed by atoms with Gasteiger partial charge < -0.3 is 9.51 Å². The van der Waals surface area contributed by atoms with Gasteiger partial charge in [-0.3, -0.25) is 0 Å². The molecule has 0 bridgehead atoms. The van der Waals surface area contributed by atoms with E-state index in [4.69, 9.17) is 0 Å². The molecule has 0 spiro atoms. The Kier molecular flexibility index (Phi) is 2.69. The Hall–Kier alpha value is -3.14. The molecule has 2 aromatic carbocycles. The Morgan fingerprint density at radius 1 is 1.00 bits per heavy atom. The van der Waals surface area contributed by atoms with Crippen LogP contribution in [0.5, 0.6) is 0 Å². The maximum absolute atomic E-state index is 11.3. The first-order valence-corrected chi connectivity index (χ1v) is 6.92. The van der Waals surface area contributed by atoms with Crippen LogP contribution in [-0.4, -0.2) is 20.5 Å². The molecule has 0 aliphatic rings. The number of aromatic nitrogens is 2. The highest BCUT2D eigenvalue weighted by molar-refractivity contribution is 5.95. The standard InChI is InChI=1S/C18H12N2O2/c21-18(22)15-6-3-9-20-11-16(19-17(15)20)14-8-7-12-4-1-2-5-13(12)10-14/h1-11H,(H,21,22). The molecule has 0 saturated heterocycles. The van der Waals surface area contributed by atoms with Crippen LogP contribution in [0.3, 0.4) is 0 Å². The van der Waals surface area contributed by atoms with Crippen molar-refractivity contribution in [2.24, 2.45) is 0 Å².